The first-order chi connectivity index (χ1) is 15.5. The van der Waals surface area contributed by atoms with Gasteiger partial charge in [-0.25, -0.2) is 4.68 Å². The van der Waals surface area contributed by atoms with Crippen LogP contribution < -0.4 is 5.32 Å². The zero-order valence-electron chi connectivity index (χ0n) is 18.3. The molecular weight excluding hydrogens is 422 g/mol. The third-order valence-electron chi connectivity index (χ3n) is 7.95. The predicted octanol–water partition coefficient (Wildman–Crippen LogP) is 4.66. The van der Waals surface area contributed by atoms with Gasteiger partial charge in [0, 0.05) is 18.7 Å². The third-order valence-corrected chi connectivity index (χ3v) is 8.26. The minimum Gasteiger partial charge on any atom is -0.346 e. The minimum absolute atomic E-state index is 0.0334. The Morgan fingerprint density at radius 2 is 1.78 bits per heavy atom. The van der Waals surface area contributed by atoms with Crippen molar-refractivity contribution >= 4 is 17.5 Å². The maximum absolute atomic E-state index is 13.5. The van der Waals surface area contributed by atoms with Gasteiger partial charge >= 0.3 is 0 Å². The molecule has 2 aromatic heterocycles. The van der Waals surface area contributed by atoms with Gasteiger partial charge in [-0.1, -0.05) is 29.8 Å². The van der Waals surface area contributed by atoms with E-state index in [0.29, 0.717) is 17.1 Å². The average Bonchev–Trinajstić information content (AvgIpc) is 3.36. The molecule has 6 nitrogen and oxygen atoms in total. The summed E-state index contributed by atoms with van der Waals surface area (Å²) in [6.45, 7) is 0.338. The van der Waals surface area contributed by atoms with Crippen LogP contribution in [0.25, 0.3) is 5.69 Å². The number of rotatable bonds is 5. The Hall–Kier alpha value is -2.60. The molecular formula is C25H28ClN5O. The normalized spacial score (nSPS) is 28.2. The fourth-order valence-corrected chi connectivity index (χ4v) is 7.17. The zero-order chi connectivity index (χ0) is 21.9. The molecule has 0 unspecified atom stereocenters. The number of aryl methyl sites for hydroxylation is 1. The molecule has 32 heavy (non-hydrogen) atoms. The summed E-state index contributed by atoms with van der Waals surface area (Å²) in [6, 6.07) is 10.1. The second-order valence-electron chi connectivity index (χ2n) is 10.1. The SMILES string of the molecule is Cn1ncc(Cl)c1CNC(=O)c1cn(-c2ccccc2)nc1C12CC3CC(CC(C3)C1)C2. The number of hydrogen-bond acceptors (Lipinski definition) is 3. The fraction of sp³-hybridized carbons (Fsp3) is 0.480. The van der Waals surface area contributed by atoms with Crippen LogP contribution in [0.5, 0.6) is 0 Å². The maximum atomic E-state index is 13.5. The van der Waals surface area contributed by atoms with Gasteiger partial charge in [0.15, 0.2) is 0 Å². The lowest BCUT2D eigenvalue weighted by Gasteiger charge is -2.56. The molecule has 0 aliphatic heterocycles. The smallest absolute Gasteiger partial charge is 0.255 e. The number of aromatic nitrogens is 4. The van der Waals surface area contributed by atoms with Crippen LogP contribution in [0.1, 0.15) is 60.3 Å². The van der Waals surface area contributed by atoms with E-state index in [0.717, 1.165) is 34.8 Å². The summed E-state index contributed by atoms with van der Waals surface area (Å²) in [6.07, 6.45) is 11.1. The molecule has 4 bridgehead atoms. The number of halogens is 1. The van der Waals surface area contributed by atoms with E-state index in [1.807, 2.05) is 48.3 Å². The Balaban J connectivity index is 1.37. The summed E-state index contributed by atoms with van der Waals surface area (Å²) >= 11 is 6.25. The van der Waals surface area contributed by atoms with Crippen LogP contribution in [0, 0.1) is 17.8 Å². The van der Waals surface area contributed by atoms with E-state index >= 15 is 0 Å². The second kappa shape index (κ2) is 7.48. The molecule has 0 spiro atoms. The van der Waals surface area contributed by atoms with Crippen LogP contribution in [0.4, 0.5) is 0 Å². The van der Waals surface area contributed by atoms with E-state index in [1.165, 1.54) is 38.5 Å². The number of nitrogens with one attached hydrogen (secondary N) is 1. The third kappa shape index (κ3) is 3.27. The molecule has 7 rings (SSSR count). The first kappa shape index (κ1) is 20.0. The van der Waals surface area contributed by atoms with Gasteiger partial charge in [-0.3, -0.25) is 9.48 Å². The Labute approximate surface area is 193 Å². The van der Waals surface area contributed by atoms with Crippen molar-refractivity contribution in [1.29, 1.82) is 0 Å². The van der Waals surface area contributed by atoms with Crippen LogP contribution in [-0.4, -0.2) is 25.5 Å². The first-order valence-corrected chi connectivity index (χ1v) is 12.0. The van der Waals surface area contributed by atoms with Gasteiger partial charge < -0.3 is 5.32 Å². The fourth-order valence-electron chi connectivity index (χ4n) is 6.94. The molecule has 4 aliphatic carbocycles. The van der Waals surface area contributed by atoms with Crippen LogP contribution in [-0.2, 0) is 19.0 Å². The largest absolute Gasteiger partial charge is 0.346 e. The lowest BCUT2D eigenvalue weighted by molar-refractivity contribution is -0.00770. The number of carbonyl (C=O) groups excluding carboxylic acids is 1. The Bertz CT molecular complexity index is 1110. The van der Waals surface area contributed by atoms with Crippen molar-refractivity contribution in [1.82, 2.24) is 24.9 Å². The molecule has 0 atom stereocenters. The highest BCUT2D eigenvalue weighted by Crippen LogP contribution is 2.60. The van der Waals surface area contributed by atoms with E-state index in [1.54, 1.807) is 10.9 Å². The van der Waals surface area contributed by atoms with Gasteiger partial charge in [-0.15, -0.1) is 0 Å². The molecule has 4 saturated carbocycles. The summed E-state index contributed by atoms with van der Waals surface area (Å²) in [5, 5.41) is 12.9. The van der Waals surface area contributed by atoms with Crippen LogP contribution in [0.2, 0.25) is 5.02 Å². The average molecular weight is 450 g/mol. The lowest BCUT2D eigenvalue weighted by Crippen LogP contribution is -2.49. The standard InChI is InChI=1S/C25H28ClN5O/c1-30-22(21(26)13-28-30)14-27-24(32)20-15-31(19-5-3-2-4-6-19)29-23(20)25-10-16-7-17(11-25)9-18(8-16)12-25/h2-6,13,15-18H,7-12,14H2,1H3,(H,27,32). The molecule has 2 heterocycles. The van der Waals surface area contributed by atoms with Gasteiger partial charge in [0.25, 0.3) is 5.91 Å². The number of nitrogens with zero attached hydrogens (tertiary/aromatic N) is 4. The van der Waals surface area contributed by atoms with Crippen molar-refractivity contribution in [3.8, 4) is 5.69 Å². The highest BCUT2D eigenvalue weighted by Gasteiger charge is 2.53. The maximum Gasteiger partial charge on any atom is 0.255 e. The molecule has 1 N–H and O–H groups in total. The van der Waals surface area contributed by atoms with Gasteiger partial charge in [0.05, 0.1) is 40.4 Å². The van der Waals surface area contributed by atoms with Gasteiger partial charge in [-0.05, 0) is 68.4 Å². The van der Waals surface area contributed by atoms with Crippen LogP contribution in [0.3, 0.4) is 0 Å². The molecule has 4 aliphatic rings. The van der Waals surface area contributed by atoms with Crippen molar-refractivity contribution in [2.75, 3.05) is 0 Å². The van der Waals surface area contributed by atoms with E-state index in [-0.39, 0.29) is 11.3 Å². The Morgan fingerprint density at radius 3 is 2.38 bits per heavy atom. The molecule has 1 aromatic carbocycles. The molecule has 166 valence electrons. The van der Waals surface area contributed by atoms with E-state index in [9.17, 15) is 4.79 Å². The Morgan fingerprint density at radius 1 is 1.12 bits per heavy atom. The lowest BCUT2D eigenvalue weighted by atomic mass is 9.48. The topological polar surface area (TPSA) is 64.7 Å². The Kier molecular flexibility index (Phi) is 4.68. The first-order valence-electron chi connectivity index (χ1n) is 11.6. The molecule has 3 aromatic rings. The van der Waals surface area contributed by atoms with E-state index in [2.05, 4.69) is 10.4 Å². The zero-order valence-corrected chi connectivity index (χ0v) is 19.1. The van der Waals surface area contributed by atoms with Crippen LogP contribution >= 0.6 is 11.6 Å². The van der Waals surface area contributed by atoms with Crippen molar-refractivity contribution in [2.45, 2.75) is 50.5 Å². The number of hydrogen-bond donors (Lipinski definition) is 1. The molecule has 0 radical (unpaired) electrons. The summed E-state index contributed by atoms with van der Waals surface area (Å²) in [7, 11) is 1.83. The number of para-hydroxylation sites is 1. The highest BCUT2D eigenvalue weighted by molar-refractivity contribution is 6.31. The minimum atomic E-state index is -0.0878. The summed E-state index contributed by atoms with van der Waals surface area (Å²) in [5.41, 5.74) is 3.51. The van der Waals surface area contributed by atoms with E-state index in [4.69, 9.17) is 16.7 Å². The summed E-state index contributed by atoms with van der Waals surface area (Å²) in [4.78, 5) is 13.5. The second-order valence-corrected chi connectivity index (χ2v) is 10.5. The van der Waals surface area contributed by atoms with Gasteiger partial charge in [-0.2, -0.15) is 10.2 Å². The summed E-state index contributed by atoms with van der Waals surface area (Å²) in [5.74, 6) is 2.27. The quantitative estimate of drug-likeness (QED) is 0.616. The van der Waals surface area contributed by atoms with Crippen molar-refractivity contribution in [3.05, 3.63) is 64.7 Å². The van der Waals surface area contributed by atoms with E-state index < -0.39 is 0 Å². The molecule has 7 heteroatoms. The number of amides is 1. The molecule has 1 amide bonds. The highest BCUT2D eigenvalue weighted by atomic mass is 35.5. The van der Waals surface area contributed by atoms with Crippen molar-refractivity contribution in [3.63, 3.8) is 0 Å². The molecule has 0 saturated heterocycles. The number of carbonyl (C=O) groups is 1. The predicted molar refractivity (Wildman–Crippen MR) is 123 cm³/mol. The summed E-state index contributed by atoms with van der Waals surface area (Å²) < 4.78 is 3.59. The molecule has 4 fully saturated rings. The van der Waals surface area contributed by atoms with Gasteiger partial charge in [0.2, 0.25) is 0 Å². The number of benzene rings is 1. The van der Waals surface area contributed by atoms with Crippen molar-refractivity contribution in [2.24, 2.45) is 24.8 Å². The van der Waals surface area contributed by atoms with Crippen LogP contribution in [0.15, 0.2) is 42.7 Å². The van der Waals surface area contributed by atoms with Gasteiger partial charge in [0.1, 0.15) is 0 Å². The monoisotopic (exact) mass is 449 g/mol. The van der Waals surface area contributed by atoms with Crippen molar-refractivity contribution < 1.29 is 4.79 Å².